The van der Waals surface area contributed by atoms with Crippen molar-refractivity contribution in [3.8, 4) is 5.69 Å². The number of rotatable bonds is 3. The lowest BCUT2D eigenvalue weighted by Crippen LogP contribution is -2.07. The fourth-order valence-electron chi connectivity index (χ4n) is 1.70. The third-order valence-corrected chi connectivity index (χ3v) is 2.53. The molecule has 0 unspecified atom stereocenters. The minimum Gasteiger partial charge on any atom is -0.386 e. The van der Waals surface area contributed by atoms with E-state index in [-0.39, 0.29) is 0 Å². The number of anilines is 1. The molecule has 6 heteroatoms. The van der Waals surface area contributed by atoms with Crippen LogP contribution in [0.25, 0.3) is 5.69 Å². The van der Waals surface area contributed by atoms with Crippen LogP contribution < -0.4 is 5.32 Å². The summed E-state index contributed by atoms with van der Waals surface area (Å²) in [5, 5.41) is 6.93. The fraction of sp³-hybridized carbons (Fsp3) is 0.154. The van der Waals surface area contributed by atoms with Crippen LogP contribution in [0.1, 0.15) is 16.1 Å². The third kappa shape index (κ3) is 2.85. The molecule has 19 heavy (non-hydrogen) atoms. The summed E-state index contributed by atoms with van der Waals surface area (Å²) in [5.41, 5.74) is 1.96. The van der Waals surface area contributed by atoms with E-state index in [4.69, 9.17) is 4.79 Å². The molecule has 2 aromatic rings. The monoisotopic (exact) mass is 263 g/mol. The smallest absolute Gasteiger partial charge is 0.151 e. The molecule has 5 nitrogen and oxygen atoms in total. The molecule has 0 saturated carbocycles. The molecule has 1 N–H and O–H groups in total. The Morgan fingerprint density at radius 3 is 2.58 bits per heavy atom. The zero-order valence-electron chi connectivity index (χ0n) is 10.7. The van der Waals surface area contributed by atoms with Crippen molar-refractivity contribution in [1.82, 2.24) is 9.78 Å². The van der Waals surface area contributed by atoms with Gasteiger partial charge in [0, 0.05) is 24.5 Å². The van der Waals surface area contributed by atoms with E-state index in [9.17, 15) is 9.18 Å². The normalized spacial score (nSPS) is 9.42. The number of aldehydes is 1. The Balaban J connectivity index is 0.000000861. The molecular weight excluding hydrogens is 249 g/mol. The van der Waals surface area contributed by atoms with Crippen LogP contribution in [-0.4, -0.2) is 29.9 Å². The van der Waals surface area contributed by atoms with Crippen molar-refractivity contribution in [2.24, 2.45) is 0 Å². The van der Waals surface area contributed by atoms with Crippen molar-refractivity contribution in [1.29, 1.82) is 0 Å². The van der Waals surface area contributed by atoms with E-state index >= 15 is 0 Å². The van der Waals surface area contributed by atoms with Crippen LogP contribution in [0.4, 0.5) is 10.1 Å². The van der Waals surface area contributed by atoms with E-state index in [1.54, 1.807) is 25.4 Å². The van der Waals surface area contributed by atoms with Crippen LogP contribution in [0.5, 0.6) is 0 Å². The summed E-state index contributed by atoms with van der Waals surface area (Å²) in [5.74, 6) is -0.481. The molecule has 0 radical (unpaired) electrons. The summed E-state index contributed by atoms with van der Waals surface area (Å²) in [6.07, 6.45) is 2.21. The van der Waals surface area contributed by atoms with Gasteiger partial charge in [0.15, 0.2) is 5.82 Å². The van der Waals surface area contributed by atoms with E-state index < -0.39 is 5.82 Å². The summed E-state index contributed by atoms with van der Waals surface area (Å²) in [6.45, 7) is 3.83. The summed E-state index contributed by atoms with van der Waals surface area (Å²) >= 11 is 0. The van der Waals surface area contributed by atoms with E-state index in [1.165, 1.54) is 10.7 Å². The first-order valence-corrected chi connectivity index (χ1v) is 5.43. The number of benzene rings is 1. The van der Waals surface area contributed by atoms with Crippen LogP contribution in [0, 0.1) is 12.7 Å². The van der Waals surface area contributed by atoms with Crippen LogP contribution in [0.2, 0.25) is 0 Å². The average molecular weight is 263 g/mol. The maximum atomic E-state index is 14.0. The van der Waals surface area contributed by atoms with E-state index in [0.717, 1.165) is 5.69 Å². The standard InChI is InChI=1S/C12H12FN3O.CH2O/c1-8-3-4-15-16(8)12-10(13)5-9(7-17)6-11(12)14-2;1-2/h3-7,14H,1-2H3;1H2. The topological polar surface area (TPSA) is 64.0 Å². The van der Waals surface area contributed by atoms with Crippen molar-refractivity contribution in [2.75, 3.05) is 12.4 Å². The van der Waals surface area contributed by atoms with E-state index in [0.29, 0.717) is 23.2 Å². The van der Waals surface area contributed by atoms with Crippen molar-refractivity contribution >= 4 is 18.8 Å². The van der Waals surface area contributed by atoms with Gasteiger partial charge in [-0.2, -0.15) is 5.10 Å². The molecule has 0 aliphatic heterocycles. The highest BCUT2D eigenvalue weighted by atomic mass is 19.1. The molecule has 100 valence electrons. The quantitative estimate of drug-likeness (QED) is 0.860. The molecule has 0 bridgehead atoms. The minimum atomic E-state index is -0.481. The highest BCUT2D eigenvalue weighted by Crippen LogP contribution is 2.25. The highest BCUT2D eigenvalue weighted by Gasteiger charge is 2.14. The van der Waals surface area contributed by atoms with Gasteiger partial charge < -0.3 is 10.1 Å². The molecule has 0 fully saturated rings. The van der Waals surface area contributed by atoms with Gasteiger partial charge in [-0.1, -0.05) is 0 Å². The van der Waals surface area contributed by atoms with Gasteiger partial charge in [0.25, 0.3) is 0 Å². The minimum absolute atomic E-state index is 0.292. The second-order valence-corrected chi connectivity index (χ2v) is 3.65. The summed E-state index contributed by atoms with van der Waals surface area (Å²) in [6, 6.07) is 4.57. The number of nitrogens with one attached hydrogen (secondary N) is 1. The Bertz CT molecular complexity index is 581. The zero-order valence-corrected chi connectivity index (χ0v) is 10.7. The predicted octanol–water partition coefficient (Wildman–Crippen LogP) is 1.99. The van der Waals surface area contributed by atoms with Crippen LogP contribution in [-0.2, 0) is 4.79 Å². The lowest BCUT2D eigenvalue weighted by atomic mass is 10.1. The zero-order chi connectivity index (χ0) is 14.4. The number of carbonyl (C=O) groups is 2. The molecule has 1 aromatic carbocycles. The van der Waals surface area contributed by atoms with Gasteiger partial charge in [-0.3, -0.25) is 4.79 Å². The first kappa shape index (κ1) is 14.6. The van der Waals surface area contributed by atoms with Crippen molar-refractivity contribution < 1.29 is 14.0 Å². The van der Waals surface area contributed by atoms with Gasteiger partial charge in [0.05, 0.1) is 5.69 Å². The molecule has 0 saturated heterocycles. The fourth-order valence-corrected chi connectivity index (χ4v) is 1.70. The van der Waals surface area contributed by atoms with Gasteiger partial charge in [-0.05, 0) is 25.1 Å². The highest BCUT2D eigenvalue weighted by molar-refractivity contribution is 5.79. The average Bonchev–Trinajstić information content (AvgIpc) is 2.86. The van der Waals surface area contributed by atoms with Crippen molar-refractivity contribution in [3.63, 3.8) is 0 Å². The molecule has 0 aliphatic rings. The molecule has 2 rings (SSSR count). The Morgan fingerprint density at radius 2 is 2.11 bits per heavy atom. The van der Waals surface area contributed by atoms with Crippen LogP contribution in [0.3, 0.4) is 0 Å². The second kappa shape index (κ2) is 6.44. The van der Waals surface area contributed by atoms with E-state index in [1.807, 2.05) is 13.7 Å². The number of hydrogen-bond donors (Lipinski definition) is 1. The number of nitrogens with zero attached hydrogens (tertiary/aromatic N) is 2. The molecule has 1 aromatic heterocycles. The maximum Gasteiger partial charge on any atom is 0.151 e. The number of halogens is 1. The number of hydrogen-bond acceptors (Lipinski definition) is 4. The summed E-state index contributed by atoms with van der Waals surface area (Å²) in [4.78, 5) is 18.7. The van der Waals surface area contributed by atoms with Gasteiger partial charge in [-0.15, -0.1) is 0 Å². The maximum absolute atomic E-state index is 14.0. The SMILES string of the molecule is C=O.CNc1cc(C=O)cc(F)c1-n1nccc1C. The lowest BCUT2D eigenvalue weighted by molar-refractivity contribution is -0.0979. The first-order chi connectivity index (χ1) is 9.17. The van der Waals surface area contributed by atoms with Crippen molar-refractivity contribution in [3.05, 3.63) is 41.5 Å². The van der Waals surface area contributed by atoms with Gasteiger partial charge >= 0.3 is 0 Å². The summed E-state index contributed by atoms with van der Waals surface area (Å²) in [7, 11) is 1.67. The predicted molar refractivity (Wildman–Crippen MR) is 70.3 cm³/mol. The van der Waals surface area contributed by atoms with Gasteiger partial charge in [0.2, 0.25) is 0 Å². The van der Waals surface area contributed by atoms with Gasteiger partial charge in [0.1, 0.15) is 18.8 Å². The molecule has 0 atom stereocenters. The number of carbonyl (C=O) groups excluding carboxylic acids is 2. The van der Waals surface area contributed by atoms with Crippen molar-refractivity contribution in [2.45, 2.75) is 6.92 Å². The van der Waals surface area contributed by atoms with Crippen LogP contribution in [0.15, 0.2) is 24.4 Å². The molecule has 0 spiro atoms. The first-order valence-electron chi connectivity index (χ1n) is 5.43. The second-order valence-electron chi connectivity index (χ2n) is 3.65. The Hall–Kier alpha value is -2.50. The summed E-state index contributed by atoms with van der Waals surface area (Å²) < 4.78 is 15.5. The number of aromatic nitrogens is 2. The van der Waals surface area contributed by atoms with Gasteiger partial charge in [-0.25, -0.2) is 9.07 Å². The number of aryl methyl sites for hydroxylation is 1. The molecular formula is C13H14FN3O2. The third-order valence-electron chi connectivity index (χ3n) is 2.53. The molecule has 0 aliphatic carbocycles. The Morgan fingerprint density at radius 1 is 1.42 bits per heavy atom. The lowest BCUT2D eigenvalue weighted by Gasteiger charge is -2.12. The largest absolute Gasteiger partial charge is 0.386 e. The molecule has 0 amide bonds. The Kier molecular flexibility index (Phi) is 4.93. The Labute approximate surface area is 110 Å². The molecule has 1 heterocycles. The van der Waals surface area contributed by atoms with Crippen LogP contribution >= 0.6 is 0 Å². The van der Waals surface area contributed by atoms with E-state index in [2.05, 4.69) is 10.4 Å².